The molecule has 0 saturated heterocycles. The van der Waals surface area contributed by atoms with Crippen molar-refractivity contribution in [1.29, 1.82) is 0 Å². The molecule has 0 aliphatic rings. The number of hydrogen-bond donors (Lipinski definition) is 1. The van der Waals surface area contributed by atoms with Crippen molar-refractivity contribution in [2.75, 3.05) is 26.4 Å². The molecule has 0 amide bonds. The smallest absolute Gasteiger partial charge is 0.475 e. The average molecular weight is 404 g/mol. The molecule has 0 fully saturated rings. The molecule has 1 N–H and O–H groups in total. The molecule has 0 aliphatic carbocycles. The minimum atomic E-state index is -3.65. The van der Waals surface area contributed by atoms with Gasteiger partial charge in [0.2, 0.25) is 0 Å². The van der Waals surface area contributed by atoms with Crippen molar-refractivity contribution in [2.45, 2.75) is 32.1 Å². The molecule has 1 unspecified atom stereocenters. The molecule has 0 bridgehead atoms. The van der Waals surface area contributed by atoms with E-state index in [4.69, 9.17) is 23.4 Å². The number of phosphoric acid groups is 1. The van der Waals surface area contributed by atoms with Gasteiger partial charge in [0.1, 0.15) is 6.61 Å². The van der Waals surface area contributed by atoms with Gasteiger partial charge in [0.25, 0.3) is 0 Å². The fourth-order valence-corrected chi connectivity index (χ4v) is 3.12. The quantitative estimate of drug-likeness (QED) is 0.120. The maximum atomic E-state index is 12.3. The summed E-state index contributed by atoms with van der Waals surface area (Å²) in [5, 5.41) is 9.10. The second kappa shape index (κ2) is 15.3. The molecule has 9 heteroatoms. The lowest BCUT2D eigenvalue weighted by Gasteiger charge is -2.16. The number of rotatable bonds is 18. The van der Waals surface area contributed by atoms with Crippen LogP contribution >= 0.6 is 7.82 Å². The zero-order valence-electron chi connectivity index (χ0n) is 15.5. The Hall–Kier alpha value is -1.73. The van der Waals surface area contributed by atoms with Crippen molar-refractivity contribution in [3.8, 4) is 0 Å². The lowest BCUT2D eigenvalue weighted by Crippen LogP contribution is -2.26. The van der Waals surface area contributed by atoms with Crippen LogP contribution in [0.2, 0.25) is 0 Å². The Morgan fingerprint density at radius 3 is 1.96 bits per heavy atom. The van der Waals surface area contributed by atoms with Gasteiger partial charge in [-0.05, 0) is 12.8 Å². The molecule has 8 nitrogen and oxygen atoms in total. The van der Waals surface area contributed by atoms with Crippen LogP contribution in [0.4, 0.5) is 0 Å². The van der Waals surface area contributed by atoms with E-state index in [0.717, 1.165) is 0 Å². The Morgan fingerprint density at radius 1 is 0.889 bits per heavy atom. The van der Waals surface area contributed by atoms with Gasteiger partial charge in [0, 0.05) is 0 Å². The fraction of sp³-hybridized carbons (Fsp3) is 0.556. The number of hydrogen-bond acceptors (Lipinski definition) is 7. The topological polar surface area (TPSA) is 108 Å². The molecular weight excluding hydrogens is 375 g/mol. The van der Waals surface area contributed by atoms with Crippen molar-refractivity contribution >= 4 is 19.8 Å². The van der Waals surface area contributed by atoms with Crippen LogP contribution in [0.25, 0.3) is 0 Å². The van der Waals surface area contributed by atoms with Gasteiger partial charge in [0.05, 0.1) is 19.8 Å². The van der Waals surface area contributed by atoms with E-state index in [2.05, 4.69) is 19.7 Å². The van der Waals surface area contributed by atoms with E-state index in [1.807, 2.05) is 0 Å². The molecule has 1 atom stereocenters. The molecule has 154 valence electrons. The number of carbonyl (C=O) groups is 2. The summed E-state index contributed by atoms with van der Waals surface area (Å²) >= 11 is 0. The standard InChI is InChI=1S/C18H29O8P/c1-4-12-23-18(21)16(17(19)20)11-9-7-8-10-15-26-27(22,24-13-5-2)25-14-6-3/h4-6,16H,1-3,7-15H2,(H,19,20). The van der Waals surface area contributed by atoms with Crippen LogP contribution in [0.3, 0.4) is 0 Å². The lowest BCUT2D eigenvalue weighted by molar-refractivity contribution is -0.158. The normalized spacial score (nSPS) is 12.1. The highest BCUT2D eigenvalue weighted by molar-refractivity contribution is 7.48. The summed E-state index contributed by atoms with van der Waals surface area (Å²) in [6.07, 6.45) is 6.96. The Balaban J connectivity index is 4.11. The predicted molar refractivity (Wildman–Crippen MR) is 101 cm³/mol. The number of unbranched alkanes of at least 4 members (excludes halogenated alkanes) is 3. The number of carboxylic acids is 1. The number of carboxylic acid groups (broad SMARTS) is 1. The molecule has 0 aromatic rings. The number of ether oxygens (including phenoxy) is 1. The van der Waals surface area contributed by atoms with Crippen molar-refractivity contribution in [1.82, 2.24) is 0 Å². The Bertz CT molecular complexity index is 515. The van der Waals surface area contributed by atoms with E-state index in [0.29, 0.717) is 25.7 Å². The molecule has 27 heavy (non-hydrogen) atoms. The van der Waals surface area contributed by atoms with Crippen molar-refractivity contribution in [2.24, 2.45) is 5.92 Å². The first-order valence-corrected chi connectivity index (χ1v) is 10.1. The molecule has 0 radical (unpaired) electrons. The Labute approximate surface area is 160 Å². The van der Waals surface area contributed by atoms with Crippen molar-refractivity contribution in [3.05, 3.63) is 38.0 Å². The third-order valence-electron chi connectivity index (χ3n) is 3.26. The third-order valence-corrected chi connectivity index (χ3v) is 4.69. The van der Waals surface area contributed by atoms with E-state index in [1.165, 1.54) is 18.2 Å². The maximum absolute atomic E-state index is 12.3. The molecule has 0 aromatic carbocycles. The van der Waals surface area contributed by atoms with Crippen LogP contribution in [-0.4, -0.2) is 43.5 Å². The van der Waals surface area contributed by atoms with Gasteiger partial charge < -0.3 is 9.84 Å². The van der Waals surface area contributed by atoms with Gasteiger partial charge in [-0.3, -0.25) is 23.2 Å². The van der Waals surface area contributed by atoms with Crippen LogP contribution in [0.5, 0.6) is 0 Å². The minimum Gasteiger partial charge on any atom is -0.481 e. The molecule has 0 aromatic heterocycles. The van der Waals surface area contributed by atoms with Crippen LogP contribution in [-0.2, 0) is 32.5 Å². The average Bonchev–Trinajstić information content (AvgIpc) is 2.64. The van der Waals surface area contributed by atoms with Gasteiger partial charge in [-0.1, -0.05) is 44.1 Å². The maximum Gasteiger partial charge on any atom is 0.475 e. The first-order chi connectivity index (χ1) is 12.9. The van der Waals surface area contributed by atoms with E-state index in [1.54, 1.807) is 0 Å². The third kappa shape index (κ3) is 12.3. The summed E-state index contributed by atoms with van der Waals surface area (Å²) in [4.78, 5) is 22.8. The highest BCUT2D eigenvalue weighted by Crippen LogP contribution is 2.49. The molecule has 0 spiro atoms. The second-order valence-corrected chi connectivity index (χ2v) is 7.13. The van der Waals surface area contributed by atoms with E-state index in [-0.39, 0.29) is 32.8 Å². The Kier molecular flexibility index (Phi) is 14.4. The van der Waals surface area contributed by atoms with E-state index in [9.17, 15) is 14.2 Å². The van der Waals surface area contributed by atoms with Crippen molar-refractivity contribution < 1.29 is 37.6 Å². The zero-order valence-corrected chi connectivity index (χ0v) is 16.4. The summed E-state index contributed by atoms with van der Waals surface area (Å²) < 4.78 is 32.4. The molecule has 0 saturated carbocycles. The van der Waals surface area contributed by atoms with Gasteiger partial charge in [-0.2, -0.15) is 0 Å². The first kappa shape index (κ1) is 25.3. The predicted octanol–water partition coefficient (Wildman–Crippen LogP) is 3.90. The monoisotopic (exact) mass is 404 g/mol. The number of aliphatic carboxylic acids is 1. The molecule has 0 rings (SSSR count). The minimum absolute atomic E-state index is 0.0120. The van der Waals surface area contributed by atoms with E-state index < -0.39 is 25.7 Å². The lowest BCUT2D eigenvalue weighted by atomic mass is 10.0. The van der Waals surface area contributed by atoms with Gasteiger partial charge >= 0.3 is 19.8 Å². The highest BCUT2D eigenvalue weighted by atomic mass is 31.2. The van der Waals surface area contributed by atoms with Crippen LogP contribution in [0.15, 0.2) is 38.0 Å². The fourth-order valence-electron chi connectivity index (χ4n) is 1.96. The van der Waals surface area contributed by atoms with E-state index >= 15 is 0 Å². The zero-order chi connectivity index (χ0) is 20.5. The number of carbonyl (C=O) groups excluding carboxylic acids is 1. The highest BCUT2D eigenvalue weighted by Gasteiger charge is 2.27. The van der Waals surface area contributed by atoms with Gasteiger partial charge in [-0.25, -0.2) is 4.57 Å². The summed E-state index contributed by atoms with van der Waals surface area (Å²) in [6, 6.07) is 0. The van der Waals surface area contributed by atoms with Crippen LogP contribution in [0, 0.1) is 5.92 Å². The SMILES string of the molecule is C=CCOC(=O)C(CCCCCCOP(=O)(OCC=C)OCC=C)C(=O)O. The van der Waals surface area contributed by atoms with Crippen molar-refractivity contribution in [3.63, 3.8) is 0 Å². The summed E-state index contributed by atoms with van der Waals surface area (Å²) in [5.74, 6) is -3.14. The summed E-state index contributed by atoms with van der Waals surface area (Å²) in [5.41, 5.74) is 0. The number of phosphoric ester groups is 1. The first-order valence-electron chi connectivity index (χ1n) is 8.66. The largest absolute Gasteiger partial charge is 0.481 e. The van der Waals surface area contributed by atoms with Gasteiger partial charge in [0.15, 0.2) is 5.92 Å². The summed E-state index contributed by atoms with van der Waals surface area (Å²) in [7, 11) is -3.65. The molecule has 0 heterocycles. The Morgan fingerprint density at radius 2 is 1.44 bits per heavy atom. The second-order valence-electron chi connectivity index (χ2n) is 5.46. The number of esters is 1. The van der Waals surface area contributed by atoms with Crippen LogP contribution < -0.4 is 0 Å². The van der Waals surface area contributed by atoms with Gasteiger partial charge in [-0.15, -0.1) is 13.2 Å². The summed E-state index contributed by atoms with van der Waals surface area (Å²) in [6.45, 7) is 10.6. The molecular formula is C18H29O8P. The van der Waals surface area contributed by atoms with Crippen LogP contribution in [0.1, 0.15) is 32.1 Å². The molecule has 0 aliphatic heterocycles.